The molecule has 0 saturated carbocycles. The maximum absolute atomic E-state index is 6.84. The van der Waals surface area contributed by atoms with Gasteiger partial charge in [-0.25, -0.2) is 15.0 Å². The summed E-state index contributed by atoms with van der Waals surface area (Å²) in [6.45, 7) is 0. The van der Waals surface area contributed by atoms with E-state index in [0.29, 0.717) is 17.5 Å². The molecule has 0 saturated heterocycles. The molecule has 0 radical (unpaired) electrons. The molecule has 12 aromatic rings. The van der Waals surface area contributed by atoms with Crippen molar-refractivity contribution >= 4 is 81.3 Å². The average molecular weight is 799 g/mol. The lowest BCUT2D eigenvalue weighted by Gasteiger charge is -2.26. The molecule has 0 aliphatic heterocycles. The standard InChI is InChI=1S/C55H34N4OS/c1-3-15-37(16-4-1)53-56-54(58-55(57-53)46-23-13-22-44-43-20-10-12-25-49(43)61-52(44)46)38-28-26-36(27-29-38)42-32-33-47(51-50(42)45-21-9-11-24-48(45)60-51)59(40-18-5-2-6-19-40)41-31-30-35-14-7-8-17-39(35)34-41/h1-34H. The molecule has 0 aliphatic rings. The highest BCUT2D eigenvalue weighted by atomic mass is 32.1. The quantitative estimate of drug-likeness (QED) is 0.161. The van der Waals surface area contributed by atoms with Gasteiger partial charge in [0, 0.05) is 59.0 Å². The van der Waals surface area contributed by atoms with Crippen LogP contribution >= 0.6 is 11.3 Å². The highest BCUT2D eigenvalue weighted by Gasteiger charge is 2.23. The number of para-hydroxylation sites is 2. The molecule has 0 fully saturated rings. The Morgan fingerprint density at radius 3 is 1.87 bits per heavy atom. The van der Waals surface area contributed by atoms with E-state index in [0.717, 1.165) is 66.8 Å². The molecule has 3 heterocycles. The lowest BCUT2D eigenvalue weighted by atomic mass is 9.97. The van der Waals surface area contributed by atoms with Gasteiger partial charge in [-0.05, 0) is 70.4 Å². The first-order valence-electron chi connectivity index (χ1n) is 20.3. The number of fused-ring (bicyclic) bond motifs is 7. The van der Waals surface area contributed by atoms with E-state index in [-0.39, 0.29) is 0 Å². The van der Waals surface area contributed by atoms with Gasteiger partial charge in [-0.1, -0.05) is 158 Å². The molecular weight excluding hydrogens is 765 g/mol. The lowest BCUT2D eigenvalue weighted by molar-refractivity contribution is 0.669. The van der Waals surface area contributed by atoms with E-state index in [9.17, 15) is 0 Å². The van der Waals surface area contributed by atoms with Gasteiger partial charge in [-0.3, -0.25) is 0 Å². The molecule has 0 aliphatic carbocycles. The van der Waals surface area contributed by atoms with Crippen molar-refractivity contribution in [2.24, 2.45) is 0 Å². The summed E-state index contributed by atoms with van der Waals surface area (Å²) in [5, 5.41) is 6.95. The molecule has 0 bridgehead atoms. The predicted molar refractivity (Wildman–Crippen MR) is 254 cm³/mol. The van der Waals surface area contributed by atoms with E-state index in [2.05, 4.69) is 187 Å². The van der Waals surface area contributed by atoms with Crippen LogP contribution in [0.1, 0.15) is 0 Å². The zero-order valence-corrected chi connectivity index (χ0v) is 33.6. The fourth-order valence-electron chi connectivity index (χ4n) is 8.62. The fraction of sp³-hybridized carbons (Fsp3) is 0. The Morgan fingerprint density at radius 2 is 1.05 bits per heavy atom. The normalized spacial score (nSPS) is 11.6. The molecule has 9 aromatic carbocycles. The van der Waals surface area contributed by atoms with E-state index in [4.69, 9.17) is 19.4 Å². The predicted octanol–water partition coefficient (Wildman–Crippen LogP) is 15.4. The van der Waals surface area contributed by atoms with Crippen molar-refractivity contribution in [3.8, 4) is 45.3 Å². The topological polar surface area (TPSA) is 55.1 Å². The number of anilines is 3. The number of aromatic nitrogens is 3. The van der Waals surface area contributed by atoms with Gasteiger partial charge in [0.2, 0.25) is 0 Å². The summed E-state index contributed by atoms with van der Waals surface area (Å²) in [6, 6.07) is 72.1. The Hall–Kier alpha value is -7.93. The van der Waals surface area contributed by atoms with E-state index in [1.165, 1.54) is 30.9 Å². The number of thiophene rings is 1. The van der Waals surface area contributed by atoms with Crippen LogP contribution < -0.4 is 4.90 Å². The first-order valence-corrected chi connectivity index (χ1v) is 21.2. The zero-order chi connectivity index (χ0) is 40.3. The highest BCUT2D eigenvalue weighted by molar-refractivity contribution is 7.26. The van der Waals surface area contributed by atoms with Crippen molar-refractivity contribution in [1.82, 2.24) is 15.0 Å². The Balaban J connectivity index is 1.00. The minimum atomic E-state index is 0.622. The summed E-state index contributed by atoms with van der Waals surface area (Å²) in [5.41, 5.74) is 9.73. The Morgan fingerprint density at radius 1 is 0.410 bits per heavy atom. The molecule has 0 unspecified atom stereocenters. The summed E-state index contributed by atoms with van der Waals surface area (Å²) in [4.78, 5) is 17.6. The number of hydrogen-bond donors (Lipinski definition) is 0. The molecule has 61 heavy (non-hydrogen) atoms. The van der Waals surface area contributed by atoms with Crippen molar-refractivity contribution in [2.45, 2.75) is 0 Å². The van der Waals surface area contributed by atoms with Crippen molar-refractivity contribution in [1.29, 1.82) is 0 Å². The second-order valence-corrected chi connectivity index (χ2v) is 16.2. The van der Waals surface area contributed by atoms with Crippen molar-refractivity contribution in [3.63, 3.8) is 0 Å². The molecule has 0 amide bonds. The molecule has 0 spiro atoms. The van der Waals surface area contributed by atoms with Crippen molar-refractivity contribution < 1.29 is 4.42 Å². The molecule has 3 aromatic heterocycles. The molecule has 5 nitrogen and oxygen atoms in total. The lowest BCUT2D eigenvalue weighted by Crippen LogP contribution is -2.10. The minimum Gasteiger partial charge on any atom is -0.454 e. The summed E-state index contributed by atoms with van der Waals surface area (Å²) >= 11 is 1.78. The fourth-order valence-corrected chi connectivity index (χ4v) is 9.83. The molecular formula is C55H34N4OS. The maximum Gasteiger partial charge on any atom is 0.165 e. The zero-order valence-electron chi connectivity index (χ0n) is 32.7. The number of furan rings is 1. The second-order valence-electron chi connectivity index (χ2n) is 15.2. The van der Waals surface area contributed by atoms with E-state index < -0.39 is 0 Å². The monoisotopic (exact) mass is 798 g/mol. The number of rotatable bonds is 7. The molecule has 12 rings (SSSR count). The summed E-state index contributed by atoms with van der Waals surface area (Å²) < 4.78 is 9.25. The third-order valence-electron chi connectivity index (χ3n) is 11.5. The number of hydrogen-bond acceptors (Lipinski definition) is 6. The van der Waals surface area contributed by atoms with Gasteiger partial charge in [0.05, 0.1) is 5.69 Å². The maximum atomic E-state index is 6.84. The van der Waals surface area contributed by atoms with Crippen LogP contribution in [0, 0.1) is 0 Å². The van der Waals surface area contributed by atoms with E-state index in [1.807, 2.05) is 24.3 Å². The molecule has 0 N–H and O–H groups in total. The Kier molecular flexibility index (Phi) is 8.28. The van der Waals surface area contributed by atoms with Gasteiger partial charge in [0.1, 0.15) is 5.58 Å². The van der Waals surface area contributed by atoms with Gasteiger partial charge >= 0.3 is 0 Å². The highest BCUT2D eigenvalue weighted by Crippen LogP contribution is 2.46. The SMILES string of the molecule is c1ccc(-c2nc(-c3ccc(-c4ccc(N(c5ccccc5)c5ccc6ccccc6c5)c5oc6ccccc6c45)cc3)nc(-c3cccc4c3sc3ccccc34)n2)cc1. The Labute approximate surface area is 355 Å². The van der Waals surface area contributed by atoms with Crippen LogP contribution in [0.25, 0.3) is 98.2 Å². The van der Waals surface area contributed by atoms with Crippen molar-refractivity contribution in [3.05, 3.63) is 206 Å². The van der Waals surface area contributed by atoms with Gasteiger partial charge in [0.25, 0.3) is 0 Å². The van der Waals surface area contributed by atoms with Gasteiger partial charge < -0.3 is 9.32 Å². The van der Waals surface area contributed by atoms with Crippen LogP contribution in [-0.2, 0) is 0 Å². The van der Waals surface area contributed by atoms with E-state index >= 15 is 0 Å². The third kappa shape index (κ3) is 6.04. The summed E-state index contributed by atoms with van der Waals surface area (Å²) in [5.74, 6) is 1.91. The van der Waals surface area contributed by atoms with Gasteiger partial charge in [-0.2, -0.15) is 0 Å². The number of benzene rings is 9. The van der Waals surface area contributed by atoms with Crippen LogP contribution in [0.15, 0.2) is 211 Å². The third-order valence-corrected chi connectivity index (χ3v) is 12.7. The molecule has 286 valence electrons. The first kappa shape index (κ1) is 35.1. The number of nitrogens with zero attached hydrogens (tertiary/aromatic N) is 4. The van der Waals surface area contributed by atoms with Gasteiger partial charge in [0.15, 0.2) is 23.1 Å². The van der Waals surface area contributed by atoms with E-state index in [1.54, 1.807) is 11.3 Å². The van der Waals surface area contributed by atoms with Crippen LogP contribution in [0.4, 0.5) is 17.1 Å². The van der Waals surface area contributed by atoms with Crippen LogP contribution in [0.3, 0.4) is 0 Å². The summed E-state index contributed by atoms with van der Waals surface area (Å²) in [7, 11) is 0. The van der Waals surface area contributed by atoms with Crippen molar-refractivity contribution in [2.75, 3.05) is 4.90 Å². The average Bonchev–Trinajstić information content (AvgIpc) is 3.92. The van der Waals surface area contributed by atoms with Gasteiger partial charge in [-0.15, -0.1) is 11.3 Å². The Bertz CT molecular complexity index is 3600. The van der Waals surface area contributed by atoms with Crippen LogP contribution in [0.2, 0.25) is 0 Å². The minimum absolute atomic E-state index is 0.622. The smallest absolute Gasteiger partial charge is 0.165 e. The van der Waals surface area contributed by atoms with Crippen LogP contribution in [-0.4, -0.2) is 15.0 Å². The second kappa shape index (κ2) is 14.4. The first-order chi connectivity index (χ1) is 30.2. The summed E-state index contributed by atoms with van der Waals surface area (Å²) in [6.07, 6.45) is 0. The molecule has 0 atom stereocenters. The van der Waals surface area contributed by atoms with Crippen LogP contribution in [0.5, 0.6) is 0 Å². The largest absolute Gasteiger partial charge is 0.454 e. The molecule has 6 heteroatoms.